The number of carbonyl (C=O) groups excluding carboxylic acids is 1. The first kappa shape index (κ1) is 21.7. The van der Waals surface area contributed by atoms with E-state index in [2.05, 4.69) is 14.7 Å². The highest BCUT2D eigenvalue weighted by molar-refractivity contribution is 7.89. The third-order valence-corrected chi connectivity index (χ3v) is 6.63. The van der Waals surface area contributed by atoms with Crippen LogP contribution in [-0.4, -0.2) is 36.2 Å². The van der Waals surface area contributed by atoms with E-state index in [-0.39, 0.29) is 23.9 Å². The number of amides is 1. The fraction of sp³-hybridized carbons (Fsp3) is 0.167. The number of rotatable bonds is 7. The van der Waals surface area contributed by atoms with Gasteiger partial charge in [0.25, 0.3) is 5.91 Å². The van der Waals surface area contributed by atoms with Gasteiger partial charge in [-0.1, -0.05) is 48.5 Å². The zero-order chi connectivity index (χ0) is 22.7. The van der Waals surface area contributed by atoms with E-state index >= 15 is 0 Å². The SMILES string of the molecule is Cc1ccc(S(=O)(=O)NCc2ccccc2)cc1C(=O)N(C)Cc1nc2ccccc2[nH]1. The van der Waals surface area contributed by atoms with Gasteiger partial charge in [0.05, 0.1) is 22.5 Å². The first-order chi connectivity index (χ1) is 15.3. The molecular formula is C24H24N4O3S. The second kappa shape index (κ2) is 8.94. The van der Waals surface area contributed by atoms with Crippen molar-refractivity contribution in [3.8, 4) is 0 Å². The van der Waals surface area contributed by atoms with E-state index in [9.17, 15) is 13.2 Å². The van der Waals surface area contributed by atoms with Gasteiger partial charge in [-0.25, -0.2) is 18.1 Å². The number of para-hydroxylation sites is 2. The topological polar surface area (TPSA) is 95.2 Å². The Bertz CT molecular complexity index is 1330. The first-order valence-corrected chi connectivity index (χ1v) is 11.6. The number of hydrogen-bond donors (Lipinski definition) is 2. The number of aromatic amines is 1. The number of aryl methyl sites for hydroxylation is 1. The molecule has 1 aromatic heterocycles. The molecule has 0 spiro atoms. The second-order valence-electron chi connectivity index (χ2n) is 7.65. The van der Waals surface area contributed by atoms with E-state index in [1.54, 1.807) is 20.0 Å². The minimum atomic E-state index is -3.77. The summed E-state index contributed by atoms with van der Waals surface area (Å²) in [6, 6.07) is 21.5. The summed E-state index contributed by atoms with van der Waals surface area (Å²) in [6.07, 6.45) is 0. The van der Waals surface area contributed by atoms with Crippen LogP contribution in [0.15, 0.2) is 77.7 Å². The van der Waals surface area contributed by atoms with E-state index in [1.807, 2.05) is 54.6 Å². The van der Waals surface area contributed by atoms with Crippen LogP contribution in [0.25, 0.3) is 11.0 Å². The van der Waals surface area contributed by atoms with Gasteiger partial charge in [-0.2, -0.15) is 0 Å². The van der Waals surface area contributed by atoms with Gasteiger partial charge in [0.2, 0.25) is 10.0 Å². The highest BCUT2D eigenvalue weighted by Crippen LogP contribution is 2.19. The molecule has 0 unspecified atom stereocenters. The highest BCUT2D eigenvalue weighted by Gasteiger charge is 2.20. The van der Waals surface area contributed by atoms with E-state index in [0.717, 1.165) is 16.6 Å². The van der Waals surface area contributed by atoms with Gasteiger partial charge in [0, 0.05) is 19.2 Å². The summed E-state index contributed by atoms with van der Waals surface area (Å²) in [5, 5.41) is 0. The molecule has 0 fully saturated rings. The second-order valence-corrected chi connectivity index (χ2v) is 9.42. The first-order valence-electron chi connectivity index (χ1n) is 10.2. The molecule has 8 heteroatoms. The average Bonchev–Trinajstić information content (AvgIpc) is 3.20. The van der Waals surface area contributed by atoms with Crippen molar-refractivity contribution in [3.63, 3.8) is 0 Å². The molecule has 0 aliphatic rings. The van der Waals surface area contributed by atoms with E-state index in [1.165, 1.54) is 17.0 Å². The van der Waals surface area contributed by atoms with Crippen molar-refractivity contribution in [1.82, 2.24) is 19.6 Å². The Morgan fingerprint density at radius 2 is 1.75 bits per heavy atom. The quantitative estimate of drug-likeness (QED) is 0.451. The Morgan fingerprint density at radius 3 is 2.50 bits per heavy atom. The monoisotopic (exact) mass is 448 g/mol. The summed E-state index contributed by atoms with van der Waals surface area (Å²) in [7, 11) is -2.10. The lowest BCUT2D eigenvalue weighted by molar-refractivity contribution is 0.0781. The lowest BCUT2D eigenvalue weighted by Gasteiger charge is -2.18. The Balaban J connectivity index is 1.52. The maximum atomic E-state index is 13.1. The molecule has 1 amide bonds. The van der Waals surface area contributed by atoms with Gasteiger partial charge in [0.15, 0.2) is 0 Å². The van der Waals surface area contributed by atoms with Crippen molar-refractivity contribution in [1.29, 1.82) is 0 Å². The molecule has 0 saturated heterocycles. The fourth-order valence-corrected chi connectivity index (χ4v) is 4.48. The third kappa shape index (κ3) is 4.71. The third-order valence-electron chi connectivity index (χ3n) is 5.23. The number of benzene rings is 3. The Morgan fingerprint density at radius 1 is 1.03 bits per heavy atom. The molecule has 4 aromatic rings. The summed E-state index contributed by atoms with van der Waals surface area (Å²) >= 11 is 0. The van der Waals surface area contributed by atoms with E-state index in [4.69, 9.17) is 0 Å². The standard InChI is InChI=1S/C24H24N4O3S/c1-17-12-13-19(32(30,31)25-15-18-8-4-3-5-9-18)14-20(17)24(29)28(2)16-23-26-21-10-6-7-11-22(21)27-23/h3-14,25H,15-16H2,1-2H3,(H,26,27). The van der Waals surface area contributed by atoms with E-state index < -0.39 is 10.0 Å². The van der Waals surface area contributed by atoms with Crippen LogP contribution in [0.3, 0.4) is 0 Å². The molecule has 0 aliphatic heterocycles. The maximum Gasteiger partial charge on any atom is 0.254 e. The number of hydrogen-bond acceptors (Lipinski definition) is 4. The zero-order valence-electron chi connectivity index (χ0n) is 17.9. The number of carbonyl (C=O) groups is 1. The summed E-state index contributed by atoms with van der Waals surface area (Å²) in [6.45, 7) is 2.23. The number of sulfonamides is 1. The maximum absolute atomic E-state index is 13.1. The summed E-state index contributed by atoms with van der Waals surface area (Å²) in [5.41, 5.74) is 3.62. The Hall–Kier alpha value is -3.49. The van der Waals surface area contributed by atoms with Crippen molar-refractivity contribution in [2.24, 2.45) is 0 Å². The smallest absolute Gasteiger partial charge is 0.254 e. The van der Waals surface area contributed by atoms with Gasteiger partial charge < -0.3 is 9.88 Å². The largest absolute Gasteiger partial charge is 0.340 e. The number of aromatic nitrogens is 2. The van der Waals surface area contributed by atoms with Gasteiger partial charge in [-0.3, -0.25) is 4.79 Å². The number of imidazole rings is 1. The van der Waals surface area contributed by atoms with Crippen molar-refractivity contribution in [3.05, 3.63) is 95.3 Å². The Kier molecular flexibility index (Phi) is 6.07. The molecule has 32 heavy (non-hydrogen) atoms. The number of nitrogens with one attached hydrogen (secondary N) is 2. The minimum absolute atomic E-state index is 0.0551. The van der Waals surface area contributed by atoms with Crippen LogP contribution in [0.2, 0.25) is 0 Å². The van der Waals surface area contributed by atoms with Crippen molar-refractivity contribution in [2.45, 2.75) is 24.9 Å². The van der Waals surface area contributed by atoms with Gasteiger partial charge in [-0.15, -0.1) is 0 Å². The summed E-state index contributed by atoms with van der Waals surface area (Å²) in [4.78, 5) is 22.4. The molecule has 164 valence electrons. The molecule has 0 saturated carbocycles. The van der Waals surface area contributed by atoms with Crippen molar-refractivity contribution < 1.29 is 13.2 Å². The van der Waals surface area contributed by atoms with Crippen LogP contribution in [0.1, 0.15) is 27.3 Å². The van der Waals surface area contributed by atoms with Crippen LogP contribution in [0.4, 0.5) is 0 Å². The zero-order valence-corrected chi connectivity index (χ0v) is 18.7. The summed E-state index contributed by atoms with van der Waals surface area (Å²) in [5.74, 6) is 0.385. The minimum Gasteiger partial charge on any atom is -0.340 e. The van der Waals surface area contributed by atoms with Crippen LogP contribution in [0.5, 0.6) is 0 Å². The molecule has 3 aromatic carbocycles. The number of nitrogens with zero attached hydrogens (tertiary/aromatic N) is 2. The van der Waals surface area contributed by atoms with Crippen LogP contribution < -0.4 is 4.72 Å². The molecule has 0 radical (unpaired) electrons. The molecule has 4 rings (SSSR count). The summed E-state index contributed by atoms with van der Waals surface area (Å²) < 4.78 is 28.2. The van der Waals surface area contributed by atoms with Crippen molar-refractivity contribution >= 4 is 27.0 Å². The van der Waals surface area contributed by atoms with Crippen LogP contribution >= 0.6 is 0 Å². The molecular weight excluding hydrogens is 424 g/mol. The lowest BCUT2D eigenvalue weighted by Crippen LogP contribution is -2.28. The van der Waals surface area contributed by atoms with Crippen molar-refractivity contribution in [2.75, 3.05) is 7.05 Å². The highest BCUT2D eigenvalue weighted by atomic mass is 32.2. The molecule has 0 bridgehead atoms. The van der Waals surface area contributed by atoms with Gasteiger partial charge >= 0.3 is 0 Å². The van der Waals surface area contributed by atoms with E-state index in [0.29, 0.717) is 17.0 Å². The fourth-order valence-electron chi connectivity index (χ4n) is 3.44. The normalized spacial score (nSPS) is 11.6. The predicted octanol–water partition coefficient (Wildman–Crippen LogP) is 3.62. The molecule has 0 atom stereocenters. The van der Waals surface area contributed by atoms with Crippen LogP contribution in [-0.2, 0) is 23.1 Å². The molecule has 2 N–H and O–H groups in total. The van der Waals surface area contributed by atoms with Crippen LogP contribution in [0, 0.1) is 6.92 Å². The van der Waals surface area contributed by atoms with Gasteiger partial charge in [0.1, 0.15) is 5.82 Å². The molecule has 1 heterocycles. The average molecular weight is 449 g/mol. The predicted molar refractivity (Wildman–Crippen MR) is 124 cm³/mol. The van der Waals surface area contributed by atoms with Gasteiger partial charge in [-0.05, 0) is 42.3 Å². The lowest BCUT2D eigenvalue weighted by atomic mass is 10.1. The molecule has 7 nitrogen and oxygen atoms in total. The number of H-pyrrole nitrogens is 1. The number of fused-ring (bicyclic) bond motifs is 1. The molecule has 0 aliphatic carbocycles. The Labute approximate surface area is 187 Å².